The molecule has 1 aliphatic rings. The second-order valence-electron chi connectivity index (χ2n) is 5.58. The first kappa shape index (κ1) is 15.0. The lowest BCUT2D eigenvalue weighted by molar-refractivity contribution is 0.366. The van der Waals surface area contributed by atoms with Crippen molar-refractivity contribution in [2.45, 2.75) is 49.8 Å². The van der Waals surface area contributed by atoms with Crippen LogP contribution in [0.15, 0.2) is 17.5 Å². The van der Waals surface area contributed by atoms with Crippen LogP contribution in [-0.4, -0.2) is 32.5 Å². The van der Waals surface area contributed by atoms with Gasteiger partial charge in [0.25, 0.3) is 0 Å². The van der Waals surface area contributed by atoms with Crippen molar-refractivity contribution in [1.82, 2.24) is 5.32 Å². The van der Waals surface area contributed by atoms with Gasteiger partial charge in [0.05, 0.1) is 5.25 Å². The highest BCUT2D eigenvalue weighted by Crippen LogP contribution is 2.25. The zero-order chi connectivity index (χ0) is 13.9. The molecule has 1 aromatic rings. The molecule has 1 saturated carbocycles. The Morgan fingerprint density at radius 1 is 1.42 bits per heavy atom. The summed E-state index contributed by atoms with van der Waals surface area (Å²) in [7, 11) is -2.94. The molecule has 0 aliphatic heterocycles. The van der Waals surface area contributed by atoms with Crippen molar-refractivity contribution in [2.75, 3.05) is 12.8 Å². The second-order valence-corrected chi connectivity index (χ2v) is 8.83. The third kappa shape index (κ3) is 4.04. The van der Waals surface area contributed by atoms with Gasteiger partial charge in [-0.25, -0.2) is 8.42 Å². The van der Waals surface area contributed by atoms with Crippen LogP contribution in [0.1, 0.15) is 43.4 Å². The number of hydrogen-bond donors (Lipinski definition) is 1. The van der Waals surface area contributed by atoms with Gasteiger partial charge >= 0.3 is 0 Å². The summed E-state index contributed by atoms with van der Waals surface area (Å²) >= 11 is 1.77. The Labute approximate surface area is 120 Å². The van der Waals surface area contributed by atoms with Crippen LogP contribution >= 0.6 is 11.3 Å². The summed E-state index contributed by atoms with van der Waals surface area (Å²) < 4.78 is 23.7. The second kappa shape index (κ2) is 6.37. The fourth-order valence-corrected chi connectivity index (χ4v) is 5.05. The minimum atomic E-state index is -2.94. The van der Waals surface area contributed by atoms with Crippen molar-refractivity contribution < 1.29 is 8.42 Å². The lowest BCUT2D eigenvalue weighted by Gasteiger charge is -2.31. The molecule has 0 unspecified atom stereocenters. The molecule has 0 radical (unpaired) electrons. The molecule has 5 heteroatoms. The summed E-state index contributed by atoms with van der Waals surface area (Å²) in [4.78, 5) is 1.36. The molecule has 0 spiro atoms. The Kier molecular flexibility index (Phi) is 5.03. The van der Waals surface area contributed by atoms with Gasteiger partial charge in [0, 0.05) is 29.6 Å². The maximum Gasteiger partial charge on any atom is 0.151 e. The van der Waals surface area contributed by atoms with Crippen LogP contribution < -0.4 is 5.32 Å². The van der Waals surface area contributed by atoms with Crippen LogP contribution in [0.2, 0.25) is 0 Å². The average molecular weight is 301 g/mol. The summed E-state index contributed by atoms with van der Waals surface area (Å²) in [5.41, 5.74) is 0. The van der Waals surface area contributed by atoms with Crippen molar-refractivity contribution >= 4 is 21.2 Å². The smallest absolute Gasteiger partial charge is 0.151 e. The summed E-state index contributed by atoms with van der Waals surface area (Å²) in [5.74, 6) is 0.446. The third-order valence-corrected chi connectivity index (χ3v) is 6.74. The molecule has 108 valence electrons. The zero-order valence-electron chi connectivity index (χ0n) is 11.6. The SMILES string of the molecule is C[C@H](CN[C@@H]1CCCC[C@@H]1S(C)(=O)=O)c1cccs1. The van der Waals surface area contributed by atoms with Gasteiger partial charge in [0.15, 0.2) is 9.84 Å². The molecule has 19 heavy (non-hydrogen) atoms. The molecule has 1 N–H and O–H groups in total. The minimum Gasteiger partial charge on any atom is -0.312 e. The van der Waals surface area contributed by atoms with Gasteiger partial charge < -0.3 is 5.32 Å². The first-order valence-electron chi connectivity index (χ1n) is 6.94. The molecule has 0 amide bonds. The topological polar surface area (TPSA) is 46.2 Å². The van der Waals surface area contributed by atoms with Crippen LogP contribution in [-0.2, 0) is 9.84 Å². The third-order valence-electron chi connectivity index (χ3n) is 3.97. The highest BCUT2D eigenvalue weighted by Gasteiger charge is 2.32. The highest BCUT2D eigenvalue weighted by atomic mass is 32.2. The van der Waals surface area contributed by atoms with Crippen molar-refractivity contribution in [3.63, 3.8) is 0 Å². The molecule has 1 aromatic heterocycles. The molecule has 3 nitrogen and oxygen atoms in total. The fraction of sp³-hybridized carbons (Fsp3) is 0.714. The number of hydrogen-bond acceptors (Lipinski definition) is 4. The maximum atomic E-state index is 11.8. The van der Waals surface area contributed by atoms with Gasteiger partial charge in [0.1, 0.15) is 0 Å². The first-order valence-corrected chi connectivity index (χ1v) is 9.77. The van der Waals surface area contributed by atoms with E-state index in [0.29, 0.717) is 5.92 Å². The van der Waals surface area contributed by atoms with Crippen molar-refractivity contribution in [3.05, 3.63) is 22.4 Å². The van der Waals surface area contributed by atoms with E-state index >= 15 is 0 Å². The molecular weight excluding hydrogens is 278 g/mol. The predicted molar refractivity (Wildman–Crippen MR) is 81.6 cm³/mol. The molecule has 1 fully saturated rings. The molecule has 0 bridgehead atoms. The van der Waals surface area contributed by atoms with E-state index in [4.69, 9.17) is 0 Å². The normalized spacial score (nSPS) is 26.2. The molecule has 1 heterocycles. The van der Waals surface area contributed by atoms with E-state index in [1.807, 2.05) is 0 Å². The van der Waals surface area contributed by atoms with Gasteiger partial charge in [0.2, 0.25) is 0 Å². The minimum absolute atomic E-state index is 0.131. The van der Waals surface area contributed by atoms with Crippen LogP contribution in [0.4, 0.5) is 0 Å². The van der Waals surface area contributed by atoms with Crippen molar-refractivity contribution in [2.24, 2.45) is 0 Å². The van der Waals surface area contributed by atoms with E-state index < -0.39 is 9.84 Å². The first-order chi connectivity index (χ1) is 8.98. The quantitative estimate of drug-likeness (QED) is 0.909. The summed E-state index contributed by atoms with van der Waals surface area (Å²) in [6.07, 6.45) is 5.34. The van der Waals surface area contributed by atoms with E-state index in [-0.39, 0.29) is 11.3 Å². The fourth-order valence-electron chi connectivity index (χ4n) is 2.84. The van der Waals surface area contributed by atoms with Crippen molar-refractivity contribution in [1.29, 1.82) is 0 Å². The zero-order valence-corrected chi connectivity index (χ0v) is 13.3. The van der Waals surface area contributed by atoms with Crippen LogP contribution in [0.5, 0.6) is 0 Å². The van der Waals surface area contributed by atoms with Gasteiger partial charge in [-0.3, -0.25) is 0 Å². The van der Waals surface area contributed by atoms with Crippen LogP contribution in [0, 0.1) is 0 Å². The lowest BCUT2D eigenvalue weighted by Crippen LogP contribution is -2.46. The average Bonchev–Trinajstić information content (AvgIpc) is 2.89. The van der Waals surface area contributed by atoms with E-state index in [1.54, 1.807) is 11.3 Å². The molecule has 3 atom stereocenters. The van der Waals surface area contributed by atoms with E-state index in [0.717, 1.165) is 32.2 Å². The maximum absolute atomic E-state index is 11.8. The number of thiophene rings is 1. The van der Waals surface area contributed by atoms with Gasteiger partial charge in [-0.1, -0.05) is 25.8 Å². The molecule has 1 aliphatic carbocycles. The van der Waals surface area contributed by atoms with E-state index in [1.165, 1.54) is 11.1 Å². The predicted octanol–water partition coefficient (Wildman–Crippen LogP) is 2.80. The number of sulfone groups is 1. The van der Waals surface area contributed by atoms with Crippen LogP contribution in [0.25, 0.3) is 0 Å². The largest absolute Gasteiger partial charge is 0.312 e. The Balaban J connectivity index is 1.93. The Morgan fingerprint density at radius 2 is 2.16 bits per heavy atom. The Morgan fingerprint density at radius 3 is 2.79 bits per heavy atom. The molecule has 0 saturated heterocycles. The van der Waals surface area contributed by atoms with Crippen molar-refractivity contribution in [3.8, 4) is 0 Å². The molecular formula is C14H23NO2S2. The Bertz CT molecular complexity index is 482. The summed E-state index contributed by atoms with van der Waals surface area (Å²) in [5, 5.41) is 5.39. The molecule has 2 rings (SSSR count). The lowest BCUT2D eigenvalue weighted by atomic mass is 9.94. The highest BCUT2D eigenvalue weighted by molar-refractivity contribution is 7.91. The van der Waals surface area contributed by atoms with Crippen LogP contribution in [0.3, 0.4) is 0 Å². The molecule has 0 aromatic carbocycles. The Hall–Kier alpha value is -0.390. The van der Waals surface area contributed by atoms with Gasteiger partial charge in [-0.15, -0.1) is 11.3 Å². The number of nitrogens with one attached hydrogen (secondary N) is 1. The monoisotopic (exact) mass is 301 g/mol. The van der Waals surface area contributed by atoms with E-state index in [9.17, 15) is 8.42 Å². The van der Waals surface area contributed by atoms with E-state index in [2.05, 4.69) is 29.8 Å². The number of rotatable bonds is 5. The summed E-state index contributed by atoms with van der Waals surface area (Å²) in [6, 6.07) is 4.34. The van der Waals surface area contributed by atoms with Gasteiger partial charge in [-0.05, 0) is 24.3 Å². The summed E-state index contributed by atoms with van der Waals surface area (Å²) in [6.45, 7) is 3.05. The van der Waals surface area contributed by atoms with Gasteiger partial charge in [-0.2, -0.15) is 0 Å². The standard InChI is InChI=1S/C14H23NO2S2/c1-11(13-7-5-9-18-13)10-15-12-6-3-4-8-14(12)19(2,16)17/h5,7,9,11-12,14-15H,3-4,6,8,10H2,1-2H3/t11-,12-,14+/m1/s1.